The van der Waals surface area contributed by atoms with Crippen LogP contribution in [0.5, 0.6) is 0 Å². The maximum Gasteiger partial charge on any atom is 0.187 e. The summed E-state index contributed by atoms with van der Waals surface area (Å²) in [6, 6.07) is 0. The van der Waals surface area contributed by atoms with E-state index >= 15 is 0 Å². The molecule has 3 aliphatic heterocycles. The summed E-state index contributed by atoms with van der Waals surface area (Å²) in [5.74, 6) is 0. The smallest absolute Gasteiger partial charge is 0.187 e. The van der Waals surface area contributed by atoms with Crippen molar-refractivity contribution in [1.82, 2.24) is 0 Å². The third-order valence-electron chi connectivity index (χ3n) is 6.08. The molecular weight excluding hydrogens is 472 g/mol. The molecule has 34 heavy (non-hydrogen) atoms. The maximum atomic E-state index is 10.5. The van der Waals surface area contributed by atoms with E-state index in [2.05, 4.69) is 0 Å². The molecule has 0 aromatic rings. The zero-order valence-corrected chi connectivity index (χ0v) is 17.7. The first kappa shape index (κ1) is 27.9. The van der Waals surface area contributed by atoms with Crippen LogP contribution >= 0.6 is 0 Å². The molecule has 0 radical (unpaired) electrons. The minimum atomic E-state index is -1.85. The van der Waals surface area contributed by atoms with Crippen molar-refractivity contribution in [3.63, 3.8) is 0 Å². The Bertz CT molecular complexity index is 639. The van der Waals surface area contributed by atoms with Crippen LogP contribution in [0.1, 0.15) is 0 Å². The van der Waals surface area contributed by atoms with Crippen molar-refractivity contribution in [3.8, 4) is 0 Å². The molecular formula is C18H32O16. The average Bonchev–Trinajstić information content (AvgIpc) is 2.82. The molecule has 0 spiro atoms. The van der Waals surface area contributed by atoms with Gasteiger partial charge in [-0.15, -0.1) is 0 Å². The van der Waals surface area contributed by atoms with E-state index in [0.717, 1.165) is 0 Å². The number of ether oxygens (including phenoxy) is 5. The molecule has 0 aromatic heterocycles. The molecule has 1 unspecified atom stereocenters. The zero-order valence-electron chi connectivity index (χ0n) is 17.7. The second-order valence-electron chi connectivity index (χ2n) is 8.37. The van der Waals surface area contributed by atoms with Gasteiger partial charge in [-0.2, -0.15) is 0 Å². The predicted molar refractivity (Wildman–Crippen MR) is 101 cm³/mol. The van der Waals surface area contributed by atoms with Crippen LogP contribution in [0, 0.1) is 0 Å². The highest BCUT2D eigenvalue weighted by atomic mass is 16.8. The molecule has 16 heteroatoms. The van der Waals surface area contributed by atoms with Gasteiger partial charge >= 0.3 is 0 Å². The van der Waals surface area contributed by atoms with E-state index in [4.69, 9.17) is 23.7 Å². The van der Waals surface area contributed by atoms with Crippen LogP contribution in [0.3, 0.4) is 0 Å². The molecule has 0 bridgehead atoms. The summed E-state index contributed by atoms with van der Waals surface area (Å²) >= 11 is 0. The highest BCUT2D eigenvalue weighted by molar-refractivity contribution is 4.94. The molecule has 3 heterocycles. The Kier molecular flexibility index (Phi) is 9.54. The van der Waals surface area contributed by atoms with E-state index in [9.17, 15) is 56.2 Å². The molecule has 0 saturated carbocycles. The third kappa shape index (κ3) is 5.52. The summed E-state index contributed by atoms with van der Waals surface area (Å²) in [7, 11) is 0. The largest absolute Gasteiger partial charge is 0.394 e. The summed E-state index contributed by atoms with van der Waals surface area (Å²) in [5, 5.41) is 109. The summed E-state index contributed by atoms with van der Waals surface area (Å²) in [4.78, 5) is 0. The third-order valence-corrected chi connectivity index (χ3v) is 6.08. The van der Waals surface area contributed by atoms with Crippen molar-refractivity contribution in [1.29, 1.82) is 0 Å². The molecule has 3 rings (SSSR count). The molecule has 0 aromatic carbocycles. The second kappa shape index (κ2) is 11.6. The monoisotopic (exact) mass is 504 g/mol. The first-order valence-electron chi connectivity index (χ1n) is 10.6. The van der Waals surface area contributed by atoms with E-state index in [1.807, 2.05) is 0 Å². The van der Waals surface area contributed by atoms with Crippen molar-refractivity contribution in [2.24, 2.45) is 0 Å². The van der Waals surface area contributed by atoms with Crippen molar-refractivity contribution >= 4 is 0 Å². The van der Waals surface area contributed by atoms with Gasteiger partial charge in [0.25, 0.3) is 0 Å². The molecule has 3 aliphatic rings. The van der Waals surface area contributed by atoms with Gasteiger partial charge in [-0.25, -0.2) is 0 Å². The molecule has 16 nitrogen and oxygen atoms in total. The Hall–Kier alpha value is -0.640. The van der Waals surface area contributed by atoms with Gasteiger partial charge in [0, 0.05) is 0 Å². The number of rotatable bonds is 7. The second-order valence-corrected chi connectivity index (χ2v) is 8.37. The molecule has 3 fully saturated rings. The van der Waals surface area contributed by atoms with Crippen molar-refractivity contribution < 1.29 is 79.9 Å². The van der Waals surface area contributed by atoms with Gasteiger partial charge in [0.05, 0.1) is 19.8 Å². The van der Waals surface area contributed by atoms with Crippen molar-refractivity contribution in [3.05, 3.63) is 0 Å². The van der Waals surface area contributed by atoms with Gasteiger partial charge in [0.2, 0.25) is 0 Å². The fourth-order valence-electron chi connectivity index (χ4n) is 3.93. The lowest BCUT2D eigenvalue weighted by Gasteiger charge is -2.46. The van der Waals surface area contributed by atoms with E-state index in [0.29, 0.717) is 0 Å². The molecule has 11 N–H and O–H groups in total. The SMILES string of the molecule is OC[C@H]1O[C@@H](O[C@H]2[C@H](OC[C@H]3OC(O)[C@H](O)[C@@H](O)[C@@H]3O)O[C@H](CO)[C@@H](O)[C@@H]2O)[C@H](O)[C@@H](O)[C@@H]1O. The van der Waals surface area contributed by atoms with Gasteiger partial charge in [-0.3, -0.25) is 0 Å². The van der Waals surface area contributed by atoms with Gasteiger partial charge in [-0.1, -0.05) is 0 Å². The van der Waals surface area contributed by atoms with Gasteiger partial charge in [-0.05, 0) is 0 Å². The summed E-state index contributed by atoms with van der Waals surface area (Å²) in [5.41, 5.74) is 0. The van der Waals surface area contributed by atoms with Crippen molar-refractivity contribution in [2.75, 3.05) is 19.8 Å². The van der Waals surface area contributed by atoms with E-state index in [1.54, 1.807) is 0 Å². The lowest BCUT2D eigenvalue weighted by atomic mass is 9.97. The molecule has 3 saturated heterocycles. The van der Waals surface area contributed by atoms with Crippen LogP contribution in [-0.4, -0.2) is 168 Å². The van der Waals surface area contributed by atoms with Crippen LogP contribution in [0.4, 0.5) is 0 Å². The van der Waals surface area contributed by atoms with Crippen molar-refractivity contribution in [2.45, 2.75) is 92.1 Å². The zero-order chi connectivity index (χ0) is 25.3. The standard InChI is InChI=1S/C18H32O16/c19-1-4-7(21)11(25)14(28)17(32-4)34-15-12(26)8(22)5(2-20)33-18(15)30-3-6-9(23)10(24)13(27)16(29)31-6/h4-29H,1-3H2/t4-,5-,6-,7-,8-,9-,10+,11+,12+,13-,14-,15-,16?,17+,18-/m1/s1. The quantitative estimate of drug-likeness (QED) is 0.154. The maximum absolute atomic E-state index is 10.5. The lowest BCUT2D eigenvalue weighted by Crippen LogP contribution is -2.65. The highest BCUT2D eigenvalue weighted by Gasteiger charge is 2.51. The van der Waals surface area contributed by atoms with Crippen LogP contribution in [0.25, 0.3) is 0 Å². The fourth-order valence-corrected chi connectivity index (χ4v) is 3.93. The summed E-state index contributed by atoms with van der Waals surface area (Å²) in [6.45, 7) is -2.11. The van der Waals surface area contributed by atoms with Gasteiger partial charge in [0.1, 0.15) is 73.2 Å². The molecule has 200 valence electrons. The highest BCUT2D eigenvalue weighted by Crippen LogP contribution is 2.30. The normalized spacial score (nSPS) is 52.5. The Balaban J connectivity index is 1.74. The Labute approximate surface area is 192 Å². The number of aliphatic hydroxyl groups is 11. The average molecular weight is 504 g/mol. The molecule has 0 amide bonds. The van der Waals surface area contributed by atoms with Crippen LogP contribution in [0.15, 0.2) is 0 Å². The fraction of sp³-hybridized carbons (Fsp3) is 1.00. The molecule has 0 aliphatic carbocycles. The minimum absolute atomic E-state index is 0.609. The minimum Gasteiger partial charge on any atom is -0.394 e. The van der Waals surface area contributed by atoms with Crippen LogP contribution in [0.2, 0.25) is 0 Å². The number of hydrogen-bond acceptors (Lipinski definition) is 16. The van der Waals surface area contributed by atoms with E-state index < -0.39 is 112 Å². The van der Waals surface area contributed by atoms with Gasteiger partial charge in [0.15, 0.2) is 18.9 Å². The Morgan fingerprint density at radius 3 is 1.59 bits per heavy atom. The first-order chi connectivity index (χ1) is 16.0. The van der Waals surface area contributed by atoms with Crippen LogP contribution in [-0.2, 0) is 23.7 Å². The topological polar surface area (TPSA) is 269 Å². The predicted octanol–water partition coefficient (Wildman–Crippen LogP) is -7.57. The summed E-state index contributed by atoms with van der Waals surface area (Å²) in [6.07, 6.45) is -25.0. The van der Waals surface area contributed by atoms with Crippen LogP contribution < -0.4 is 0 Å². The van der Waals surface area contributed by atoms with E-state index in [-0.39, 0.29) is 0 Å². The molecule has 15 atom stereocenters. The van der Waals surface area contributed by atoms with E-state index in [1.165, 1.54) is 0 Å². The Morgan fingerprint density at radius 1 is 0.500 bits per heavy atom. The lowest BCUT2D eigenvalue weighted by molar-refractivity contribution is -0.372. The van der Waals surface area contributed by atoms with Gasteiger partial charge < -0.3 is 79.9 Å². The first-order valence-corrected chi connectivity index (χ1v) is 10.6. The summed E-state index contributed by atoms with van der Waals surface area (Å²) < 4.78 is 26.5. The Morgan fingerprint density at radius 2 is 1.00 bits per heavy atom. The number of aliphatic hydroxyl groups excluding tert-OH is 11. The number of hydrogen-bond donors (Lipinski definition) is 11.